The van der Waals surface area contributed by atoms with Crippen molar-refractivity contribution in [2.24, 2.45) is 0 Å². The van der Waals surface area contributed by atoms with Gasteiger partial charge < -0.3 is 15.1 Å². The average molecular weight is 441 g/mol. The van der Waals surface area contributed by atoms with Gasteiger partial charge in [-0.25, -0.2) is 0 Å². The predicted molar refractivity (Wildman–Crippen MR) is 130 cm³/mol. The third-order valence-corrected chi connectivity index (χ3v) is 5.16. The Morgan fingerprint density at radius 2 is 1.61 bits per heavy atom. The highest BCUT2D eigenvalue weighted by atomic mass is 16.2. The number of likely N-dealkylation sites (N-methyl/N-ethyl adjacent to an activating group) is 1. The van der Waals surface area contributed by atoms with Gasteiger partial charge in [0.25, 0.3) is 5.91 Å². The Balaban J connectivity index is 1.84. The molecule has 0 atom stereocenters. The zero-order valence-electron chi connectivity index (χ0n) is 19.0. The van der Waals surface area contributed by atoms with E-state index in [1.165, 1.54) is 0 Å². The number of hydrogen-bond donors (Lipinski definition) is 1. The molecular formula is C27H28N4O2. The van der Waals surface area contributed by atoms with Crippen LogP contribution >= 0.6 is 0 Å². The van der Waals surface area contributed by atoms with Crippen LogP contribution in [0.4, 0.5) is 5.69 Å². The minimum Gasteiger partial charge on any atom is -0.355 e. The molecular weight excluding hydrogens is 412 g/mol. The van der Waals surface area contributed by atoms with E-state index in [1.54, 1.807) is 29.2 Å². The van der Waals surface area contributed by atoms with Crippen molar-refractivity contribution in [2.75, 3.05) is 32.1 Å². The van der Waals surface area contributed by atoms with Gasteiger partial charge in [-0.1, -0.05) is 42.5 Å². The standard InChI is InChI=1S/C27H28N4O2/c1-30(2)16-15-29-26(32)18-23-9-6-10-25(17-23)31(20-22-7-4-3-5-8-22)27(33)24-13-11-21(19-28)12-14-24/h3-14,17H,15-16,18,20H2,1-2H3,(H,29,32). The van der Waals surface area contributed by atoms with E-state index >= 15 is 0 Å². The molecule has 3 rings (SSSR count). The average Bonchev–Trinajstić information content (AvgIpc) is 2.83. The van der Waals surface area contributed by atoms with Gasteiger partial charge in [0.05, 0.1) is 24.6 Å². The van der Waals surface area contributed by atoms with Gasteiger partial charge in [-0.05, 0) is 61.6 Å². The number of hydrogen-bond acceptors (Lipinski definition) is 4. The molecule has 6 nitrogen and oxygen atoms in total. The lowest BCUT2D eigenvalue weighted by Crippen LogP contribution is -2.32. The number of benzene rings is 3. The van der Waals surface area contributed by atoms with Crippen molar-refractivity contribution in [3.8, 4) is 6.07 Å². The second-order valence-electron chi connectivity index (χ2n) is 8.07. The van der Waals surface area contributed by atoms with Crippen LogP contribution in [0.5, 0.6) is 0 Å². The Hall–Kier alpha value is -3.95. The molecule has 0 unspecified atom stereocenters. The Kier molecular flexibility index (Phi) is 8.34. The van der Waals surface area contributed by atoms with Crippen molar-refractivity contribution in [3.05, 3.63) is 101 Å². The van der Waals surface area contributed by atoms with Gasteiger partial charge in [-0.15, -0.1) is 0 Å². The van der Waals surface area contributed by atoms with Crippen LogP contribution in [-0.4, -0.2) is 43.9 Å². The fraction of sp³-hybridized carbons (Fsp3) is 0.222. The van der Waals surface area contributed by atoms with E-state index in [2.05, 4.69) is 11.4 Å². The summed E-state index contributed by atoms with van der Waals surface area (Å²) in [4.78, 5) is 29.5. The number of nitriles is 1. The Morgan fingerprint density at radius 3 is 2.27 bits per heavy atom. The van der Waals surface area contributed by atoms with Crippen molar-refractivity contribution < 1.29 is 9.59 Å². The topological polar surface area (TPSA) is 76.4 Å². The van der Waals surface area contributed by atoms with Gasteiger partial charge in [0, 0.05) is 24.3 Å². The lowest BCUT2D eigenvalue weighted by Gasteiger charge is -2.24. The van der Waals surface area contributed by atoms with E-state index in [4.69, 9.17) is 5.26 Å². The molecule has 168 valence electrons. The van der Waals surface area contributed by atoms with E-state index in [1.807, 2.05) is 73.6 Å². The number of anilines is 1. The van der Waals surface area contributed by atoms with Gasteiger partial charge in [0.1, 0.15) is 0 Å². The fourth-order valence-electron chi connectivity index (χ4n) is 3.39. The van der Waals surface area contributed by atoms with Gasteiger partial charge in [-0.2, -0.15) is 5.26 Å². The number of nitrogens with one attached hydrogen (secondary N) is 1. The molecule has 0 aromatic heterocycles. The SMILES string of the molecule is CN(C)CCNC(=O)Cc1cccc(N(Cc2ccccc2)C(=O)c2ccc(C#N)cc2)c1. The monoisotopic (exact) mass is 440 g/mol. The number of nitrogens with zero attached hydrogens (tertiary/aromatic N) is 3. The van der Waals surface area contributed by atoms with Crippen LogP contribution in [0.1, 0.15) is 27.0 Å². The van der Waals surface area contributed by atoms with Crippen molar-refractivity contribution in [1.82, 2.24) is 10.2 Å². The summed E-state index contributed by atoms with van der Waals surface area (Å²) in [5, 5.41) is 12.0. The first-order valence-corrected chi connectivity index (χ1v) is 10.8. The van der Waals surface area contributed by atoms with Crippen LogP contribution in [0.3, 0.4) is 0 Å². The predicted octanol–water partition coefficient (Wildman–Crippen LogP) is 3.63. The summed E-state index contributed by atoms with van der Waals surface area (Å²) in [5.74, 6) is -0.224. The summed E-state index contributed by atoms with van der Waals surface area (Å²) in [6.07, 6.45) is 0.242. The minimum atomic E-state index is -0.170. The highest BCUT2D eigenvalue weighted by Crippen LogP contribution is 2.22. The lowest BCUT2D eigenvalue weighted by atomic mass is 10.1. The molecule has 0 spiro atoms. The molecule has 33 heavy (non-hydrogen) atoms. The highest BCUT2D eigenvalue weighted by molar-refractivity contribution is 6.06. The van der Waals surface area contributed by atoms with E-state index in [0.717, 1.165) is 17.7 Å². The molecule has 3 aromatic carbocycles. The third kappa shape index (κ3) is 7.03. The maximum absolute atomic E-state index is 13.4. The second-order valence-corrected chi connectivity index (χ2v) is 8.07. The fourth-order valence-corrected chi connectivity index (χ4v) is 3.39. The van der Waals surface area contributed by atoms with Gasteiger partial charge in [0.2, 0.25) is 5.91 Å². The van der Waals surface area contributed by atoms with E-state index in [-0.39, 0.29) is 18.2 Å². The molecule has 0 aliphatic heterocycles. The molecule has 0 heterocycles. The molecule has 3 aromatic rings. The smallest absolute Gasteiger partial charge is 0.258 e. The first-order valence-electron chi connectivity index (χ1n) is 10.8. The normalized spacial score (nSPS) is 10.5. The van der Waals surface area contributed by atoms with Gasteiger partial charge in [0.15, 0.2) is 0 Å². The molecule has 0 aliphatic rings. The van der Waals surface area contributed by atoms with Gasteiger partial charge in [-0.3, -0.25) is 9.59 Å². The molecule has 0 aliphatic carbocycles. The minimum absolute atomic E-state index is 0.0537. The van der Waals surface area contributed by atoms with Crippen molar-refractivity contribution >= 4 is 17.5 Å². The number of amides is 2. The molecule has 1 N–H and O–H groups in total. The Morgan fingerprint density at radius 1 is 0.909 bits per heavy atom. The largest absolute Gasteiger partial charge is 0.355 e. The molecule has 0 saturated carbocycles. The van der Waals surface area contributed by atoms with Crippen LogP contribution in [0.15, 0.2) is 78.9 Å². The van der Waals surface area contributed by atoms with Crippen molar-refractivity contribution in [3.63, 3.8) is 0 Å². The maximum Gasteiger partial charge on any atom is 0.258 e. The zero-order valence-corrected chi connectivity index (χ0v) is 19.0. The highest BCUT2D eigenvalue weighted by Gasteiger charge is 2.19. The Bertz CT molecular complexity index is 1120. The van der Waals surface area contributed by atoms with Crippen LogP contribution in [-0.2, 0) is 17.8 Å². The Labute approximate surface area is 195 Å². The summed E-state index contributed by atoms with van der Waals surface area (Å²) >= 11 is 0. The maximum atomic E-state index is 13.4. The van der Waals surface area contributed by atoms with E-state index in [9.17, 15) is 9.59 Å². The first-order chi connectivity index (χ1) is 16.0. The van der Waals surface area contributed by atoms with Crippen LogP contribution in [0.2, 0.25) is 0 Å². The molecule has 0 saturated heterocycles. The first kappa shape index (κ1) is 23.7. The summed E-state index contributed by atoms with van der Waals surface area (Å²) in [5.41, 5.74) is 3.54. The quantitative estimate of drug-likeness (QED) is 0.551. The van der Waals surface area contributed by atoms with E-state index < -0.39 is 0 Å². The van der Waals surface area contributed by atoms with E-state index in [0.29, 0.717) is 29.9 Å². The van der Waals surface area contributed by atoms with Crippen molar-refractivity contribution in [2.45, 2.75) is 13.0 Å². The van der Waals surface area contributed by atoms with Gasteiger partial charge >= 0.3 is 0 Å². The lowest BCUT2D eigenvalue weighted by molar-refractivity contribution is -0.120. The second kappa shape index (κ2) is 11.6. The number of rotatable bonds is 9. The number of carbonyl (C=O) groups is 2. The molecule has 0 bridgehead atoms. The summed E-state index contributed by atoms with van der Waals surface area (Å²) in [6.45, 7) is 1.75. The van der Waals surface area contributed by atoms with Crippen LogP contribution in [0.25, 0.3) is 0 Å². The summed E-state index contributed by atoms with van der Waals surface area (Å²) in [6, 6.07) is 26.0. The summed E-state index contributed by atoms with van der Waals surface area (Å²) in [7, 11) is 3.92. The zero-order chi connectivity index (χ0) is 23.6. The molecule has 2 amide bonds. The molecule has 6 heteroatoms. The third-order valence-electron chi connectivity index (χ3n) is 5.16. The molecule has 0 fully saturated rings. The molecule has 0 radical (unpaired) electrons. The van der Waals surface area contributed by atoms with Crippen LogP contribution in [0, 0.1) is 11.3 Å². The van der Waals surface area contributed by atoms with Crippen LogP contribution < -0.4 is 10.2 Å². The van der Waals surface area contributed by atoms with Crippen molar-refractivity contribution in [1.29, 1.82) is 5.26 Å². The number of carbonyl (C=O) groups excluding carboxylic acids is 2. The summed E-state index contributed by atoms with van der Waals surface area (Å²) < 4.78 is 0.